The van der Waals surface area contributed by atoms with Gasteiger partial charge in [-0.15, -0.1) is 0 Å². The van der Waals surface area contributed by atoms with Crippen LogP contribution in [0.25, 0.3) is 0 Å². The third-order valence-electron chi connectivity index (χ3n) is 2.52. The van der Waals surface area contributed by atoms with E-state index in [1.165, 1.54) is 24.3 Å². The summed E-state index contributed by atoms with van der Waals surface area (Å²) in [5.74, 6) is -3.32. The fourth-order valence-corrected chi connectivity index (χ4v) is 1.58. The van der Waals surface area contributed by atoms with Crippen LogP contribution in [0, 0.1) is 5.92 Å². The van der Waals surface area contributed by atoms with Crippen molar-refractivity contribution in [2.75, 3.05) is 13.1 Å². The Balaban J connectivity index is 2.23. The number of hydrogen-bond acceptors (Lipinski definition) is 1. The van der Waals surface area contributed by atoms with Crippen molar-refractivity contribution in [2.24, 2.45) is 5.92 Å². The molecule has 0 spiro atoms. The maximum absolute atomic E-state index is 13.6. The zero-order valence-corrected chi connectivity index (χ0v) is 8.19. The molecule has 2 rings (SSSR count). The van der Waals surface area contributed by atoms with Gasteiger partial charge in [0.1, 0.15) is 0 Å². The van der Waals surface area contributed by atoms with Crippen LogP contribution in [0.4, 0.5) is 8.78 Å². The first-order valence-electron chi connectivity index (χ1n) is 4.45. The monoisotopic (exact) mass is 217 g/mol. The second-order valence-electron chi connectivity index (χ2n) is 3.49. The Morgan fingerprint density at radius 2 is 1.79 bits per heavy atom. The Kier molecular flexibility index (Phi) is 2.45. The highest BCUT2D eigenvalue weighted by molar-refractivity contribution is 6.30. The molecule has 1 aliphatic heterocycles. The zero-order valence-electron chi connectivity index (χ0n) is 7.43. The summed E-state index contributed by atoms with van der Waals surface area (Å²) in [6, 6.07) is 5.77. The molecule has 76 valence electrons. The Morgan fingerprint density at radius 1 is 1.21 bits per heavy atom. The van der Waals surface area contributed by atoms with Crippen LogP contribution in [0.1, 0.15) is 5.56 Å². The van der Waals surface area contributed by atoms with Crippen molar-refractivity contribution < 1.29 is 8.78 Å². The highest BCUT2D eigenvalue weighted by Gasteiger charge is 2.44. The zero-order chi connectivity index (χ0) is 10.2. The van der Waals surface area contributed by atoms with Crippen molar-refractivity contribution in [3.05, 3.63) is 34.9 Å². The largest absolute Gasteiger partial charge is 0.316 e. The fraction of sp³-hybridized carbons (Fsp3) is 0.400. The van der Waals surface area contributed by atoms with Gasteiger partial charge < -0.3 is 5.32 Å². The molecule has 0 unspecified atom stereocenters. The molecule has 0 bridgehead atoms. The molecule has 0 aliphatic carbocycles. The van der Waals surface area contributed by atoms with Gasteiger partial charge in [0.05, 0.1) is 5.92 Å². The van der Waals surface area contributed by atoms with Crippen LogP contribution >= 0.6 is 11.6 Å². The number of nitrogens with one attached hydrogen (secondary N) is 1. The molecule has 1 aromatic carbocycles. The van der Waals surface area contributed by atoms with E-state index in [9.17, 15) is 8.78 Å². The standard InChI is InChI=1S/C10H10ClF2N/c11-9-3-1-7(2-4-9)10(12,13)8-5-14-6-8/h1-4,8,14H,5-6H2. The lowest BCUT2D eigenvalue weighted by Gasteiger charge is -2.34. The van der Waals surface area contributed by atoms with Gasteiger partial charge in [0.15, 0.2) is 0 Å². The van der Waals surface area contributed by atoms with E-state index in [-0.39, 0.29) is 5.56 Å². The van der Waals surface area contributed by atoms with Crippen molar-refractivity contribution in [3.63, 3.8) is 0 Å². The smallest absolute Gasteiger partial charge is 0.278 e. The summed E-state index contributed by atoms with van der Waals surface area (Å²) >= 11 is 5.63. The molecule has 1 aliphatic rings. The summed E-state index contributed by atoms with van der Waals surface area (Å²) in [5.41, 5.74) is 0.0494. The molecule has 1 aromatic rings. The molecule has 0 saturated carbocycles. The highest BCUT2D eigenvalue weighted by atomic mass is 35.5. The topological polar surface area (TPSA) is 12.0 Å². The molecule has 0 atom stereocenters. The summed E-state index contributed by atoms with van der Waals surface area (Å²) in [4.78, 5) is 0. The molecule has 0 amide bonds. The molecule has 1 heterocycles. The van der Waals surface area contributed by atoms with Gasteiger partial charge in [-0.2, -0.15) is 0 Å². The van der Waals surface area contributed by atoms with Crippen LogP contribution in [0.15, 0.2) is 24.3 Å². The van der Waals surface area contributed by atoms with E-state index >= 15 is 0 Å². The van der Waals surface area contributed by atoms with Crippen LogP contribution < -0.4 is 5.32 Å². The lowest BCUT2D eigenvalue weighted by Crippen LogP contribution is -2.50. The molecule has 1 nitrogen and oxygen atoms in total. The normalized spacial score (nSPS) is 17.9. The Hall–Kier alpha value is -0.670. The van der Waals surface area contributed by atoms with Crippen molar-refractivity contribution >= 4 is 11.6 Å². The molecular weight excluding hydrogens is 208 g/mol. The van der Waals surface area contributed by atoms with E-state index in [4.69, 9.17) is 11.6 Å². The second-order valence-corrected chi connectivity index (χ2v) is 3.92. The maximum atomic E-state index is 13.6. The first-order valence-corrected chi connectivity index (χ1v) is 4.83. The van der Waals surface area contributed by atoms with E-state index in [0.717, 1.165) is 0 Å². The molecule has 4 heteroatoms. The average molecular weight is 218 g/mol. The van der Waals surface area contributed by atoms with Crippen molar-refractivity contribution in [1.29, 1.82) is 0 Å². The first kappa shape index (κ1) is 9.87. The molecule has 1 saturated heterocycles. The van der Waals surface area contributed by atoms with Crippen molar-refractivity contribution in [2.45, 2.75) is 5.92 Å². The minimum Gasteiger partial charge on any atom is -0.316 e. The van der Waals surface area contributed by atoms with E-state index in [1.807, 2.05) is 0 Å². The average Bonchev–Trinajstić information content (AvgIpc) is 2.00. The fourth-order valence-electron chi connectivity index (χ4n) is 1.45. The Bertz CT molecular complexity index is 319. The number of rotatable bonds is 2. The van der Waals surface area contributed by atoms with Crippen molar-refractivity contribution in [1.82, 2.24) is 5.32 Å². The minimum absolute atomic E-state index is 0.0494. The third kappa shape index (κ3) is 1.62. The van der Waals surface area contributed by atoms with Gasteiger partial charge in [-0.1, -0.05) is 23.7 Å². The van der Waals surface area contributed by atoms with Gasteiger partial charge >= 0.3 is 0 Å². The number of benzene rings is 1. The highest BCUT2D eigenvalue weighted by Crippen LogP contribution is 2.38. The molecule has 14 heavy (non-hydrogen) atoms. The predicted molar refractivity (Wildman–Crippen MR) is 51.7 cm³/mol. The lowest BCUT2D eigenvalue weighted by atomic mass is 9.90. The Labute approximate surface area is 86.1 Å². The first-order chi connectivity index (χ1) is 6.60. The molecule has 0 aromatic heterocycles. The van der Waals surface area contributed by atoms with Gasteiger partial charge in [0, 0.05) is 23.7 Å². The predicted octanol–water partition coefficient (Wildman–Crippen LogP) is 2.65. The van der Waals surface area contributed by atoms with Gasteiger partial charge in [-0.25, -0.2) is 8.78 Å². The molecular formula is C10H10ClF2N. The summed E-state index contributed by atoms with van der Waals surface area (Å²) in [5, 5.41) is 3.33. The van der Waals surface area contributed by atoms with E-state index < -0.39 is 11.8 Å². The van der Waals surface area contributed by atoms with Crippen LogP contribution in [-0.4, -0.2) is 13.1 Å². The SMILES string of the molecule is FC(F)(c1ccc(Cl)cc1)C1CNC1. The van der Waals surface area contributed by atoms with Crippen LogP contribution in [0.5, 0.6) is 0 Å². The van der Waals surface area contributed by atoms with Crippen LogP contribution in [0.2, 0.25) is 5.02 Å². The van der Waals surface area contributed by atoms with E-state index in [0.29, 0.717) is 18.1 Å². The van der Waals surface area contributed by atoms with E-state index in [2.05, 4.69) is 5.32 Å². The summed E-state index contributed by atoms with van der Waals surface area (Å²) in [6.45, 7) is 0.769. The third-order valence-corrected chi connectivity index (χ3v) is 2.78. The van der Waals surface area contributed by atoms with Gasteiger partial charge in [-0.3, -0.25) is 0 Å². The quantitative estimate of drug-likeness (QED) is 0.803. The molecule has 0 radical (unpaired) electrons. The minimum atomic E-state index is -2.74. The van der Waals surface area contributed by atoms with Gasteiger partial charge in [-0.05, 0) is 12.1 Å². The summed E-state index contributed by atoms with van der Waals surface area (Å²) < 4.78 is 27.3. The Morgan fingerprint density at radius 3 is 2.21 bits per heavy atom. The number of hydrogen-bond donors (Lipinski definition) is 1. The van der Waals surface area contributed by atoms with Gasteiger partial charge in [0.25, 0.3) is 5.92 Å². The number of halogens is 3. The lowest BCUT2D eigenvalue weighted by molar-refractivity contribution is -0.0834. The van der Waals surface area contributed by atoms with Crippen molar-refractivity contribution in [3.8, 4) is 0 Å². The maximum Gasteiger partial charge on any atom is 0.278 e. The van der Waals surface area contributed by atoms with Crippen LogP contribution in [0.3, 0.4) is 0 Å². The summed E-state index contributed by atoms with van der Waals surface area (Å²) in [6.07, 6.45) is 0. The second kappa shape index (κ2) is 3.48. The summed E-state index contributed by atoms with van der Waals surface area (Å²) in [7, 11) is 0. The van der Waals surface area contributed by atoms with E-state index in [1.54, 1.807) is 0 Å². The molecule has 1 fully saturated rings. The molecule has 1 N–H and O–H groups in total. The van der Waals surface area contributed by atoms with Gasteiger partial charge in [0.2, 0.25) is 0 Å². The van der Waals surface area contributed by atoms with Crippen LogP contribution in [-0.2, 0) is 5.92 Å². The number of alkyl halides is 2.